The molecule has 17 heavy (non-hydrogen) atoms. The molecule has 1 aromatic rings. The topological polar surface area (TPSA) is 70.5 Å². The number of aliphatic carboxylic acids is 1. The molecule has 0 unspecified atom stereocenters. The van der Waals surface area contributed by atoms with Crippen LogP contribution in [0.2, 0.25) is 0 Å². The number of hydrogen-bond acceptors (Lipinski definition) is 3. The van der Waals surface area contributed by atoms with Crippen LogP contribution in [0.5, 0.6) is 0 Å². The highest BCUT2D eigenvalue weighted by Crippen LogP contribution is 2.05. The van der Waals surface area contributed by atoms with Gasteiger partial charge in [-0.15, -0.1) is 0 Å². The molecule has 0 spiro atoms. The standard InChI is InChI=1S/C12H16N2O3/c1-3-14(7-6-11(15)16)12(17)10-5-4-9(2)13-8-10/h4-5,8H,3,6-7H2,1-2H3,(H,15,16). The highest BCUT2D eigenvalue weighted by atomic mass is 16.4. The van der Waals surface area contributed by atoms with Crippen molar-refractivity contribution in [3.63, 3.8) is 0 Å². The van der Waals surface area contributed by atoms with E-state index in [0.29, 0.717) is 12.1 Å². The molecule has 5 heteroatoms. The van der Waals surface area contributed by atoms with Gasteiger partial charge in [0.2, 0.25) is 0 Å². The quantitative estimate of drug-likeness (QED) is 0.837. The molecule has 0 fully saturated rings. The maximum absolute atomic E-state index is 12.0. The number of hydrogen-bond donors (Lipinski definition) is 1. The monoisotopic (exact) mass is 236 g/mol. The normalized spacial score (nSPS) is 10.0. The predicted molar refractivity (Wildman–Crippen MR) is 62.8 cm³/mol. The molecule has 0 aliphatic heterocycles. The number of carboxylic acid groups (broad SMARTS) is 1. The SMILES string of the molecule is CCN(CCC(=O)O)C(=O)c1ccc(C)nc1. The Morgan fingerprint density at radius 3 is 2.59 bits per heavy atom. The van der Waals surface area contributed by atoms with Crippen LogP contribution in [-0.4, -0.2) is 40.0 Å². The predicted octanol–water partition coefficient (Wildman–Crippen LogP) is 1.33. The first-order valence-corrected chi connectivity index (χ1v) is 5.48. The summed E-state index contributed by atoms with van der Waals surface area (Å²) >= 11 is 0. The van der Waals surface area contributed by atoms with Crippen LogP contribution < -0.4 is 0 Å². The highest BCUT2D eigenvalue weighted by molar-refractivity contribution is 5.94. The second kappa shape index (κ2) is 5.98. The summed E-state index contributed by atoms with van der Waals surface area (Å²) in [6.45, 7) is 4.37. The molecule has 1 heterocycles. The molecule has 0 atom stereocenters. The van der Waals surface area contributed by atoms with Crippen LogP contribution in [0.15, 0.2) is 18.3 Å². The number of carbonyl (C=O) groups is 2. The maximum atomic E-state index is 12.0. The van der Waals surface area contributed by atoms with E-state index in [1.165, 1.54) is 11.1 Å². The molecule has 5 nitrogen and oxygen atoms in total. The number of aromatic nitrogens is 1. The fourth-order valence-corrected chi connectivity index (χ4v) is 1.41. The van der Waals surface area contributed by atoms with Crippen molar-refractivity contribution in [2.45, 2.75) is 20.3 Å². The Kier molecular flexibility index (Phi) is 4.63. The molecule has 0 aliphatic rings. The Bertz CT molecular complexity index is 401. The number of carbonyl (C=O) groups excluding carboxylic acids is 1. The van der Waals surface area contributed by atoms with Crippen LogP contribution in [0.1, 0.15) is 29.4 Å². The molecule has 1 rings (SSSR count). The van der Waals surface area contributed by atoms with Gasteiger partial charge in [0.25, 0.3) is 5.91 Å². The van der Waals surface area contributed by atoms with Gasteiger partial charge in [-0.2, -0.15) is 0 Å². The van der Waals surface area contributed by atoms with Crippen LogP contribution in [0.25, 0.3) is 0 Å². The lowest BCUT2D eigenvalue weighted by molar-refractivity contribution is -0.137. The molecule has 0 bridgehead atoms. The summed E-state index contributed by atoms with van der Waals surface area (Å²) in [4.78, 5) is 28.0. The Morgan fingerprint density at radius 1 is 1.41 bits per heavy atom. The Balaban J connectivity index is 2.71. The second-order valence-corrected chi connectivity index (χ2v) is 3.72. The lowest BCUT2D eigenvalue weighted by Gasteiger charge is -2.19. The third-order valence-electron chi connectivity index (χ3n) is 2.42. The molecule has 0 aromatic carbocycles. The van der Waals surface area contributed by atoms with Crippen molar-refractivity contribution < 1.29 is 14.7 Å². The number of rotatable bonds is 5. The summed E-state index contributed by atoms with van der Waals surface area (Å²) in [5.41, 5.74) is 1.33. The summed E-state index contributed by atoms with van der Waals surface area (Å²) in [7, 11) is 0. The van der Waals surface area contributed by atoms with Gasteiger partial charge in [0.1, 0.15) is 0 Å². The fraction of sp³-hybridized carbons (Fsp3) is 0.417. The van der Waals surface area contributed by atoms with Crippen molar-refractivity contribution in [1.29, 1.82) is 0 Å². The fourth-order valence-electron chi connectivity index (χ4n) is 1.41. The van der Waals surface area contributed by atoms with E-state index in [2.05, 4.69) is 4.98 Å². The van der Waals surface area contributed by atoms with Gasteiger partial charge in [0.05, 0.1) is 12.0 Å². The zero-order valence-electron chi connectivity index (χ0n) is 10.0. The van der Waals surface area contributed by atoms with Crippen molar-refractivity contribution in [3.8, 4) is 0 Å². The van der Waals surface area contributed by atoms with Crippen LogP contribution in [0.4, 0.5) is 0 Å². The van der Waals surface area contributed by atoms with Crippen LogP contribution in [0, 0.1) is 6.92 Å². The number of carboxylic acids is 1. The first-order valence-electron chi connectivity index (χ1n) is 5.48. The van der Waals surface area contributed by atoms with Crippen LogP contribution >= 0.6 is 0 Å². The Labute approximate surface area is 100 Å². The molecule has 0 saturated heterocycles. The highest BCUT2D eigenvalue weighted by Gasteiger charge is 2.15. The molecule has 1 amide bonds. The van der Waals surface area contributed by atoms with Gasteiger partial charge in [-0.3, -0.25) is 14.6 Å². The smallest absolute Gasteiger partial charge is 0.305 e. The van der Waals surface area contributed by atoms with Gasteiger partial charge in [0, 0.05) is 25.0 Å². The number of amides is 1. The number of nitrogens with zero attached hydrogens (tertiary/aromatic N) is 2. The lowest BCUT2D eigenvalue weighted by atomic mass is 10.2. The van der Waals surface area contributed by atoms with Crippen molar-refractivity contribution in [2.24, 2.45) is 0 Å². The van der Waals surface area contributed by atoms with E-state index in [1.807, 2.05) is 13.8 Å². The summed E-state index contributed by atoms with van der Waals surface area (Å²) in [6.07, 6.45) is 1.47. The van der Waals surface area contributed by atoms with Gasteiger partial charge in [0.15, 0.2) is 0 Å². The van der Waals surface area contributed by atoms with Crippen molar-refractivity contribution >= 4 is 11.9 Å². The third-order valence-corrected chi connectivity index (χ3v) is 2.42. The molecular formula is C12H16N2O3. The molecule has 0 radical (unpaired) electrons. The third kappa shape index (κ3) is 3.86. The molecule has 92 valence electrons. The van der Waals surface area contributed by atoms with Crippen LogP contribution in [0.3, 0.4) is 0 Å². The minimum Gasteiger partial charge on any atom is -0.481 e. The van der Waals surface area contributed by atoms with Gasteiger partial charge in [-0.05, 0) is 26.0 Å². The largest absolute Gasteiger partial charge is 0.481 e. The molecular weight excluding hydrogens is 220 g/mol. The van der Waals surface area contributed by atoms with E-state index >= 15 is 0 Å². The minimum absolute atomic E-state index is 0.0428. The van der Waals surface area contributed by atoms with E-state index < -0.39 is 5.97 Å². The first-order chi connectivity index (χ1) is 8.04. The van der Waals surface area contributed by atoms with Crippen molar-refractivity contribution in [1.82, 2.24) is 9.88 Å². The van der Waals surface area contributed by atoms with Gasteiger partial charge in [-0.25, -0.2) is 0 Å². The van der Waals surface area contributed by atoms with E-state index in [1.54, 1.807) is 12.1 Å². The average molecular weight is 236 g/mol. The average Bonchev–Trinajstić information content (AvgIpc) is 2.30. The zero-order valence-corrected chi connectivity index (χ0v) is 10.0. The molecule has 1 N–H and O–H groups in total. The zero-order chi connectivity index (χ0) is 12.8. The summed E-state index contributed by atoms with van der Waals surface area (Å²) in [5.74, 6) is -1.08. The van der Waals surface area contributed by atoms with Gasteiger partial charge in [-0.1, -0.05) is 0 Å². The van der Waals surface area contributed by atoms with E-state index in [4.69, 9.17) is 5.11 Å². The number of pyridine rings is 1. The van der Waals surface area contributed by atoms with Crippen molar-refractivity contribution in [3.05, 3.63) is 29.6 Å². The van der Waals surface area contributed by atoms with Crippen molar-refractivity contribution in [2.75, 3.05) is 13.1 Å². The maximum Gasteiger partial charge on any atom is 0.305 e. The molecule has 1 aromatic heterocycles. The minimum atomic E-state index is -0.904. The summed E-state index contributed by atoms with van der Waals surface area (Å²) < 4.78 is 0. The summed E-state index contributed by atoms with van der Waals surface area (Å²) in [5, 5.41) is 8.60. The number of aryl methyl sites for hydroxylation is 1. The van der Waals surface area contributed by atoms with E-state index in [-0.39, 0.29) is 18.9 Å². The van der Waals surface area contributed by atoms with Gasteiger partial charge >= 0.3 is 5.97 Å². The van der Waals surface area contributed by atoms with Gasteiger partial charge < -0.3 is 10.0 Å². The van der Waals surface area contributed by atoms with E-state index in [9.17, 15) is 9.59 Å². The Hall–Kier alpha value is -1.91. The van der Waals surface area contributed by atoms with Crippen LogP contribution in [-0.2, 0) is 4.79 Å². The molecule has 0 aliphatic carbocycles. The second-order valence-electron chi connectivity index (χ2n) is 3.72. The van der Waals surface area contributed by atoms with E-state index in [0.717, 1.165) is 5.69 Å². The lowest BCUT2D eigenvalue weighted by Crippen LogP contribution is -2.32. The first kappa shape index (κ1) is 13.2. The summed E-state index contributed by atoms with van der Waals surface area (Å²) in [6, 6.07) is 3.46. The molecule has 0 saturated carbocycles. The Morgan fingerprint density at radius 2 is 2.12 bits per heavy atom.